The number of nitrogens with zero attached hydrogens (tertiary/aromatic N) is 1. The van der Waals surface area contributed by atoms with E-state index in [0.717, 1.165) is 0 Å². The summed E-state index contributed by atoms with van der Waals surface area (Å²) in [6.45, 7) is 0.838. The molecular weight excluding hydrogens is 198 g/mol. The van der Waals surface area contributed by atoms with Crippen LogP contribution in [0.5, 0.6) is 0 Å². The minimum Gasteiger partial charge on any atom is -0.465 e. The van der Waals surface area contributed by atoms with Gasteiger partial charge in [-0.3, -0.25) is 4.79 Å². The average Bonchev–Trinajstić information content (AvgIpc) is 2.27. The molecule has 0 N–H and O–H groups in total. The molecule has 1 aromatic heterocycles. The Morgan fingerprint density at radius 1 is 1.40 bits per heavy atom. The standard InChI is InChI=1S/C10H13NO4/c1-14-6-5-11-7-8(10(13)15-2)3-4-9(11)12/h3-4,7H,5-6H2,1-2H3. The molecule has 0 radical (unpaired) electrons. The van der Waals surface area contributed by atoms with E-state index in [1.807, 2.05) is 0 Å². The second-order valence-electron chi connectivity index (χ2n) is 2.93. The number of methoxy groups -OCH3 is 2. The molecule has 15 heavy (non-hydrogen) atoms. The smallest absolute Gasteiger partial charge is 0.339 e. The second kappa shape index (κ2) is 5.31. The maximum atomic E-state index is 11.3. The summed E-state index contributed by atoms with van der Waals surface area (Å²) < 4.78 is 10.8. The summed E-state index contributed by atoms with van der Waals surface area (Å²) in [5, 5.41) is 0. The van der Waals surface area contributed by atoms with Gasteiger partial charge in [0.25, 0.3) is 5.56 Å². The largest absolute Gasteiger partial charge is 0.465 e. The first-order valence-electron chi connectivity index (χ1n) is 4.46. The molecule has 0 aliphatic carbocycles. The quantitative estimate of drug-likeness (QED) is 0.671. The van der Waals surface area contributed by atoms with Gasteiger partial charge in [-0.1, -0.05) is 0 Å². The van der Waals surface area contributed by atoms with Crippen LogP contribution >= 0.6 is 0 Å². The first kappa shape index (κ1) is 11.5. The molecule has 0 spiro atoms. The molecule has 0 bridgehead atoms. The van der Waals surface area contributed by atoms with Crippen LogP contribution in [0.3, 0.4) is 0 Å². The Hall–Kier alpha value is -1.62. The molecule has 0 unspecified atom stereocenters. The van der Waals surface area contributed by atoms with Gasteiger partial charge in [0, 0.05) is 25.9 Å². The van der Waals surface area contributed by atoms with Crippen molar-refractivity contribution in [3.05, 3.63) is 34.2 Å². The number of ether oxygens (including phenoxy) is 2. The summed E-state index contributed by atoms with van der Waals surface area (Å²) in [6, 6.07) is 2.78. The summed E-state index contributed by atoms with van der Waals surface area (Å²) in [5.41, 5.74) is 0.188. The van der Waals surface area contributed by atoms with Gasteiger partial charge in [-0.05, 0) is 6.07 Å². The van der Waals surface area contributed by atoms with Crippen LogP contribution in [-0.2, 0) is 16.0 Å². The van der Waals surface area contributed by atoms with Crippen LogP contribution in [0.4, 0.5) is 0 Å². The van der Waals surface area contributed by atoms with E-state index < -0.39 is 5.97 Å². The third-order valence-electron chi connectivity index (χ3n) is 1.94. The zero-order valence-corrected chi connectivity index (χ0v) is 8.73. The fraction of sp³-hybridized carbons (Fsp3) is 0.400. The van der Waals surface area contributed by atoms with E-state index in [2.05, 4.69) is 4.74 Å². The number of carbonyl (C=O) groups excluding carboxylic acids is 1. The van der Waals surface area contributed by atoms with Crippen molar-refractivity contribution in [3.8, 4) is 0 Å². The highest BCUT2D eigenvalue weighted by Gasteiger charge is 2.06. The zero-order valence-electron chi connectivity index (χ0n) is 8.73. The Morgan fingerprint density at radius 3 is 2.73 bits per heavy atom. The monoisotopic (exact) mass is 211 g/mol. The molecule has 82 valence electrons. The highest BCUT2D eigenvalue weighted by Crippen LogP contribution is 1.98. The van der Waals surface area contributed by atoms with Crippen molar-refractivity contribution >= 4 is 5.97 Å². The molecule has 0 aliphatic rings. The summed E-state index contributed by atoms with van der Waals surface area (Å²) in [6.07, 6.45) is 1.47. The molecule has 5 nitrogen and oxygen atoms in total. The van der Waals surface area contributed by atoms with E-state index in [9.17, 15) is 9.59 Å². The zero-order chi connectivity index (χ0) is 11.3. The van der Waals surface area contributed by atoms with Gasteiger partial charge in [-0.15, -0.1) is 0 Å². The van der Waals surface area contributed by atoms with E-state index in [-0.39, 0.29) is 5.56 Å². The van der Waals surface area contributed by atoms with Gasteiger partial charge >= 0.3 is 5.97 Å². The fourth-order valence-corrected chi connectivity index (χ4v) is 1.13. The highest BCUT2D eigenvalue weighted by atomic mass is 16.5. The number of rotatable bonds is 4. The maximum absolute atomic E-state index is 11.3. The van der Waals surface area contributed by atoms with E-state index in [4.69, 9.17) is 4.74 Å². The van der Waals surface area contributed by atoms with Crippen molar-refractivity contribution in [3.63, 3.8) is 0 Å². The first-order chi connectivity index (χ1) is 7.19. The van der Waals surface area contributed by atoms with Gasteiger partial charge < -0.3 is 14.0 Å². The Morgan fingerprint density at radius 2 is 2.13 bits per heavy atom. The third kappa shape index (κ3) is 2.92. The topological polar surface area (TPSA) is 57.5 Å². The lowest BCUT2D eigenvalue weighted by molar-refractivity contribution is 0.0599. The Balaban J connectivity index is 2.95. The normalized spacial score (nSPS) is 10.0. The summed E-state index contributed by atoms with van der Waals surface area (Å²) in [4.78, 5) is 22.5. The van der Waals surface area contributed by atoms with Crippen LogP contribution in [0.15, 0.2) is 23.1 Å². The molecule has 0 atom stereocenters. The SMILES string of the molecule is COCCn1cc(C(=O)OC)ccc1=O. The minimum absolute atomic E-state index is 0.167. The Kier molecular flexibility index (Phi) is 4.05. The number of hydrogen-bond acceptors (Lipinski definition) is 4. The molecule has 0 fully saturated rings. The summed E-state index contributed by atoms with van der Waals surface area (Å²) in [7, 11) is 2.85. The van der Waals surface area contributed by atoms with Gasteiger partial charge in [0.05, 0.1) is 19.3 Å². The molecule has 0 amide bonds. The van der Waals surface area contributed by atoms with Gasteiger partial charge in [-0.2, -0.15) is 0 Å². The van der Waals surface area contributed by atoms with Crippen molar-refractivity contribution in [2.75, 3.05) is 20.8 Å². The average molecular weight is 211 g/mol. The van der Waals surface area contributed by atoms with Gasteiger partial charge in [0.2, 0.25) is 0 Å². The molecule has 0 saturated heterocycles. The fourth-order valence-electron chi connectivity index (χ4n) is 1.13. The number of carbonyl (C=O) groups is 1. The molecule has 0 aromatic carbocycles. The summed E-state index contributed by atoms with van der Waals surface area (Å²) in [5.74, 6) is -0.457. The van der Waals surface area contributed by atoms with Gasteiger partial charge in [-0.25, -0.2) is 4.79 Å². The van der Waals surface area contributed by atoms with E-state index in [0.29, 0.717) is 18.7 Å². The van der Waals surface area contributed by atoms with Crippen LogP contribution in [0, 0.1) is 0 Å². The number of aromatic nitrogens is 1. The minimum atomic E-state index is -0.457. The third-order valence-corrected chi connectivity index (χ3v) is 1.94. The van der Waals surface area contributed by atoms with Gasteiger partial charge in [0.15, 0.2) is 0 Å². The van der Waals surface area contributed by atoms with Crippen LogP contribution in [-0.4, -0.2) is 31.4 Å². The maximum Gasteiger partial charge on any atom is 0.339 e. The van der Waals surface area contributed by atoms with Gasteiger partial charge in [0.1, 0.15) is 0 Å². The lowest BCUT2D eigenvalue weighted by Crippen LogP contribution is -2.22. The summed E-state index contributed by atoms with van der Waals surface area (Å²) >= 11 is 0. The van der Waals surface area contributed by atoms with E-state index in [1.165, 1.54) is 30.0 Å². The van der Waals surface area contributed by atoms with Crippen LogP contribution in [0.25, 0.3) is 0 Å². The number of pyridine rings is 1. The van der Waals surface area contributed by atoms with Crippen molar-refractivity contribution in [1.29, 1.82) is 0 Å². The molecule has 1 rings (SSSR count). The Labute approximate surface area is 87.2 Å². The van der Waals surface area contributed by atoms with E-state index >= 15 is 0 Å². The Bertz CT molecular complexity index is 397. The molecule has 0 aliphatic heterocycles. The highest BCUT2D eigenvalue weighted by molar-refractivity contribution is 5.88. The predicted molar refractivity (Wildman–Crippen MR) is 53.9 cm³/mol. The van der Waals surface area contributed by atoms with Crippen molar-refractivity contribution in [1.82, 2.24) is 4.57 Å². The van der Waals surface area contributed by atoms with Crippen molar-refractivity contribution in [2.24, 2.45) is 0 Å². The molecule has 5 heteroatoms. The van der Waals surface area contributed by atoms with Crippen molar-refractivity contribution in [2.45, 2.75) is 6.54 Å². The number of esters is 1. The second-order valence-corrected chi connectivity index (χ2v) is 2.93. The lowest BCUT2D eigenvalue weighted by atomic mass is 10.3. The van der Waals surface area contributed by atoms with Crippen LogP contribution in [0.2, 0.25) is 0 Å². The first-order valence-corrected chi connectivity index (χ1v) is 4.46. The van der Waals surface area contributed by atoms with Crippen LogP contribution < -0.4 is 5.56 Å². The van der Waals surface area contributed by atoms with Crippen LogP contribution in [0.1, 0.15) is 10.4 Å². The lowest BCUT2D eigenvalue weighted by Gasteiger charge is -2.06. The van der Waals surface area contributed by atoms with E-state index in [1.54, 1.807) is 7.11 Å². The predicted octanol–water partition coefficient (Wildman–Crippen LogP) is 0.281. The molecule has 0 saturated carbocycles. The van der Waals surface area contributed by atoms with Crippen molar-refractivity contribution < 1.29 is 14.3 Å². The number of hydrogen-bond donors (Lipinski definition) is 0. The molecule has 1 aromatic rings. The molecule has 1 heterocycles. The molecular formula is C10H13NO4.